The molecule has 1 aromatic heterocycles. The van der Waals surface area contributed by atoms with E-state index in [9.17, 15) is 9.59 Å². The maximum absolute atomic E-state index is 11.9. The lowest BCUT2D eigenvalue weighted by molar-refractivity contribution is 0.371. The van der Waals surface area contributed by atoms with Gasteiger partial charge in [0.15, 0.2) is 0 Å². The van der Waals surface area contributed by atoms with E-state index in [1.807, 2.05) is 0 Å². The van der Waals surface area contributed by atoms with Crippen LogP contribution >= 0.6 is 0 Å². The van der Waals surface area contributed by atoms with Crippen LogP contribution in [0.15, 0.2) is 15.8 Å². The lowest BCUT2D eigenvalue weighted by atomic mass is 9.95. The lowest BCUT2D eigenvalue weighted by Gasteiger charge is -2.22. The standard InChI is InChI=1S/C13H21N3O2/c1-15-9-10(12(17)16(2)13(15)18)8-14-11-6-4-3-5-7-11/h9,11,14H,3-8H2,1-2H3. The van der Waals surface area contributed by atoms with Gasteiger partial charge in [0, 0.05) is 38.4 Å². The third-order valence-electron chi connectivity index (χ3n) is 3.70. The van der Waals surface area contributed by atoms with Crippen LogP contribution in [0.2, 0.25) is 0 Å². The molecule has 0 unspecified atom stereocenters. The van der Waals surface area contributed by atoms with Crippen LogP contribution in [0.1, 0.15) is 37.7 Å². The van der Waals surface area contributed by atoms with Crippen molar-refractivity contribution in [3.63, 3.8) is 0 Å². The highest BCUT2D eigenvalue weighted by Gasteiger charge is 2.14. The van der Waals surface area contributed by atoms with Crippen molar-refractivity contribution in [3.8, 4) is 0 Å². The van der Waals surface area contributed by atoms with Gasteiger partial charge in [0.05, 0.1) is 0 Å². The topological polar surface area (TPSA) is 56.0 Å². The van der Waals surface area contributed by atoms with Crippen LogP contribution in [0.4, 0.5) is 0 Å². The Kier molecular flexibility index (Phi) is 4.01. The molecule has 1 saturated carbocycles. The highest BCUT2D eigenvalue weighted by atomic mass is 16.2. The second-order valence-electron chi connectivity index (χ2n) is 5.13. The average molecular weight is 251 g/mol. The fraction of sp³-hybridized carbons (Fsp3) is 0.692. The third-order valence-corrected chi connectivity index (χ3v) is 3.70. The Balaban J connectivity index is 2.10. The molecule has 0 atom stereocenters. The minimum Gasteiger partial charge on any atom is -0.310 e. The Hall–Kier alpha value is -1.36. The van der Waals surface area contributed by atoms with Crippen LogP contribution in [-0.4, -0.2) is 15.2 Å². The molecule has 1 fully saturated rings. The molecule has 2 rings (SSSR count). The highest BCUT2D eigenvalue weighted by Crippen LogP contribution is 2.17. The normalized spacial score (nSPS) is 17.0. The van der Waals surface area contributed by atoms with Crippen molar-refractivity contribution in [1.29, 1.82) is 0 Å². The van der Waals surface area contributed by atoms with E-state index in [4.69, 9.17) is 0 Å². The van der Waals surface area contributed by atoms with Gasteiger partial charge in [0.25, 0.3) is 5.56 Å². The molecule has 0 amide bonds. The molecule has 0 spiro atoms. The van der Waals surface area contributed by atoms with Gasteiger partial charge in [0.2, 0.25) is 0 Å². The zero-order chi connectivity index (χ0) is 13.1. The summed E-state index contributed by atoms with van der Waals surface area (Å²) in [7, 11) is 3.20. The second kappa shape index (κ2) is 5.52. The first kappa shape index (κ1) is 13.1. The lowest BCUT2D eigenvalue weighted by Crippen LogP contribution is -2.40. The van der Waals surface area contributed by atoms with Crippen molar-refractivity contribution < 1.29 is 0 Å². The molecule has 100 valence electrons. The van der Waals surface area contributed by atoms with E-state index in [1.165, 1.54) is 43.7 Å². The molecular formula is C13H21N3O2. The molecule has 0 radical (unpaired) electrons. The molecule has 1 N–H and O–H groups in total. The van der Waals surface area contributed by atoms with Gasteiger partial charge in [-0.1, -0.05) is 19.3 Å². The van der Waals surface area contributed by atoms with Gasteiger partial charge in [-0.3, -0.25) is 9.36 Å². The predicted octanol–water partition coefficient (Wildman–Crippen LogP) is 0.506. The van der Waals surface area contributed by atoms with E-state index in [0.717, 1.165) is 4.57 Å². The summed E-state index contributed by atoms with van der Waals surface area (Å²) in [6.45, 7) is 0.547. The molecule has 5 heteroatoms. The monoisotopic (exact) mass is 251 g/mol. The Morgan fingerprint density at radius 3 is 2.56 bits per heavy atom. The third kappa shape index (κ3) is 2.72. The van der Waals surface area contributed by atoms with Crippen molar-refractivity contribution in [3.05, 3.63) is 32.6 Å². The Bertz CT molecular complexity index is 524. The minimum absolute atomic E-state index is 0.193. The van der Waals surface area contributed by atoms with Gasteiger partial charge >= 0.3 is 5.69 Å². The summed E-state index contributed by atoms with van der Waals surface area (Å²) in [5, 5.41) is 3.42. The van der Waals surface area contributed by atoms with Gasteiger partial charge in [-0.2, -0.15) is 0 Å². The summed E-state index contributed by atoms with van der Waals surface area (Å²) in [6, 6.07) is 0.515. The van der Waals surface area contributed by atoms with E-state index in [1.54, 1.807) is 13.2 Å². The van der Waals surface area contributed by atoms with Gasteiger partial charge in [-0.15, -0.1) is 0 Å². The Morgan fingerprint density at radius 2 is 1.89 bits per heavy atom. The first-order chi connectivity index (χ1) is 8.59. The van der Waals surface area contributed by atoms with E-state index in [2.05, 4.69) is 5.32 Å². The molecule has 1 aliphatic rings. The van der Waals surface area contributed by atoms with E-state index in [-0.39, 0.29) is 11.2 Å². The van der Waals surface area contributed by atoms with E-state index in [0.29, 0.717) is 18.2 Å². The van der Waals surface area contributed by atoms with Crippen molar-refractivity contribution in [2.45, 2.75) is 44.7 Å². The van der Waals surface area contributed by atoms with Gasteiger partial charge in [-0.25, -0.2) is 4.79 Å². The van der Waals surface area contributed by atoms with Gasteiger partial charge in [-0.05, 0) is 12.8 Å². The largest absolute Gasteiger partial charge is 0.330 e. The Labute approximate surface area is 106 Å². The van der Waals surface area contributed by atoms with Gasteiger partial charge in [0.1, 0.15) is 0 Å². The molecule has 18 heavy (non-hydrogen) atoms. The SMILES string of the molecule is Cn1cc(CNC2CCCCC2)c(=O)n(C)c1=O. The molecule has 0 bridgehead atoms. The molecule has 5 nitrogen and oxygen atoms in total. The minimum atomic E-state index is -0.276. The summed E-state index contributed by atoms with van der Waals surface area (Å²) in [6.07, 6.45) is 7.87. The summed E-state index contributed by atoms with van der Waals surface area (Å²) in [5.74, 6) is 0. The van der Waals surface area contributed by atoms with Crippen LogP contribution < -0.4 is 16.6 Å². The number of aryl methyl sites for hydroxylation is 1. The van der Waals surface area contributed by atoms with Crippen LogP contribution in [0, 0.1) is 0 Å². The maximum atomic E-state index is 11.9. The quantitative estimate of drug-likeness (QED) is 0.851. The fourth-order valence-corrected chi connectivity index (χ4v) is 2.57. The van der Waals surface area contributed by atoms with Crippen molar-refractivity contribution in [2.75, 3.05) is 0 Å². The molecule has 1 heterocycles. The summed E-state index contributed by atoms with van der Waals surface area (Å²) in [5.41, 5.74) is 0.188. The zero-order valence-corrected chi connectivity index (χ0v) is 11.1. The van der Waals surface area contributed by atoms with Crippen LogP contribution in [0.3, 0.4) is 0 Å². The Morgan fingerprint density at radius 1 is 1.22 bits per heavy atom. The number of aromatic nitrogens is 2. The zero-order valence-electron chi connectivity index (χ0n) is 11.1. The van der Waals surface area contributed by atoms with Crippen LogP contribution in [-0.2, 0) is 20.6 Å². The summed E-state index contributed by atoms with van der Waals surface area (Å²) >= 11 is 0. The first-order valence-corrected chi connectivity index (χ1v) is 6.58. The second-order valence-corrected chi connectivity index (χ2v) is 5.13. The van der Waals surface area contributed by atoms with E-state index < -0.39 is 0 Å². The average Bonchev–Trinajstić information content (AvgIpc) is 2.40. The summed E-state index contributed by atoms with van der Waals surface area (Å²) < 4.78 is 2.62. The number of rotatable bonds is 3. The molecule has 0 saturated heterocycles. The molecule has 0 aliphatic heterocycles. The number of hydrogen-bond acceptors (Lipinski definition) is 3. The first-order valence-electron chi connectivity index (χ1n) is 6.58. The summed E-state index contributed by atoms with van der Waals surface area (Å²) in [4.78, 5) is 23.5. The van der Waals surface area contributed by atoms with Crippen LogP contribution in [0.25, 0.3) is 0 Å². The molecule has 1 aliphatic carbocycles. The number of hydrogen-bond donors (Lipinski definition) is 1. The molecule has 0 aromatic carbocycles. The van der Waals surface area contributed by atoms with Gasteiger partial charge < -0.3 is 9.88 Å². The van der Waals surface area contributed by atoms with Crippen molar-refractivity contribution in [2.24, 2.45) is 14.1 Å². The fourth-order valence-electron chi connectivity index (χ4n) is 2.57. The molecule has 1 aromatic rings. The van der Waals surface area contributed by atoms with Crippen molar-refractivity contribution >= 4 is 0 Å². The van der Waals surface area contributed by atoms with Crippen molar-refractivity contribution in [1.82, 2.24) is 14.5 Å². The smallest absolute Gasteiger partial charge is 0.310 e. The molecular weight excluding hydrogens is 230 g/mol. The predicted molar refractivity (Wildman–Crippen MR) is 70.6 cm³/mol. The van der Waals surface area contributed by atoms with Crippen LogP contribution in [0.5, 0.6) is 0 Å². The maximum Gasteiger partial charge on any atom is 0.330 e. The van der Waals surface area contributed by atoms with E-state index >= 15 is 0 Å². The number of nitrogens with one attached hydrogen (secondary N) is 1. The number of nitrogens with zero attached hydrogens (tertiary/aromatic N) is 2. The highest BCUT2D eigenvalue weighted by molar-refractivity contribution is 5.05.